The predicted octanol–water partition coefficient (Wildman–Crippen LogP) is 1.46. The van der Waals surface area contributed by atoms with Gasteiger partial charge in [0, 0.05) is 0 Å². The normalized spacial score (nSPS) is 28.9. The van der Waals surface area contributed by atoms with Gasteiger partial charge in [0.2, 0.25) is 0 Å². The average molecular weight is 388 g/mol. The van der Waals surface area contributed by atoms with Crippen molar-refractivity contribution >= 4 is 17.7 Å². The summed E-state index contributed by atoms with van der Waals surface area (Å²) in [6.07, 6.45) is 3.81. The molecule has 1 saturated carbocycles. The first kappa shape index (κ1) is 20.5. The van der Waals surface area contributed by atoms with Gasteiger partial charge in [-0.3, -0.25) is 20.2 Å². The molecule has 7 nitrogen and oxygen atoms in total. The standard InChI is InChI=1S/C21H28N2O5/c1-13(23-17(19(25)26)11-14-7-3-2-4-8-14)18(24)21(20(27)28)16-10-6-5-9-15(16)12-22-21/h2-4,7-8,13,15-17,22-23H,5-6,9-12H2,1H3,(H,25,26)(H,27,28)/t13?,15?,16?,17-,21-/m0/s1. The molecule has 28 heavy (non-hydrogen) atoms. The molecule has 1 aliphatic carbocycles. The number of carboxylic acids is 2. The van der Waals surface area contributed by atoms with E-state index in [0.717, 1.165) is 24.8 Å². The molecule has 0 aromatic heterocycles. The molecule has 2 aliphatic rings. The number of nitrogens with one attached hydrogen (secondary N) is 2. The third-order valence-electron chi connectivity index (χ3n) is 6.26. The van der Waals surface area contributed by atoms with Gasteiger partial charge in [0.1, 0.15) is 6.04 Å². The summed E-state index contributed by atoms with van der Waals surface area (Å²) >= 11 is 0. The Labute approximate surface area is 164 Å². The molecule has 1 saturated heterocycles. The van der Waals surface area contributed by atoms with Crippen molar-refractivity contribution in [3.05, 3.63) is 35.9 Å². The van der Waals surface area contributed by atoms with Crippen LogP contribution in [0, 0.1) is 11.8 Å². The van der Waals surface area contributed by atoms with Crippen molar-refractivity contribution in [2.24, 2.45) is 11.8 Å². The molecule has 7 heteroatoms. The van der Waals surface area contributed by atoms with Crippen LogP contribution >= 0.6 is 0 Å². The van der Waals surface area contributed by atoms with Crippen molar-refractivity contribution in [3.63, 3.8) is 0 Å². The zero-order valence-corrected chi connectivity index (χ0v) is 16.1. The molecule has 3 rings (SSSR count). The van der Waals surface area contributed by atoms with E-state index in [1.807, 2.05) is 30.3 Å². The Morgan fingerprint density at radius 1 is 1.18 bits per heavy atom. The molecule has 2 fully saturated rings. The number of hydrogen-bond acceptors (Lipinski definition) is 5. The quantitative estimate of drug-likeness (QED) is 0.498. The summed E-state index contributed by atoms with van der Waals surface area (Å²) in [5, 5.41) is 25.4. The lowest BCUT2D eigenvalue weighted by atomic mass is 9.69. The fourth-order valence-corrected chi connectivity index (χ4v) is 4.84. The van der Waals surface area contributed by atoms with Crippen LogP contribution in [0.2, 0.25) is 0 Å². The molecular weight excluding hydrogens is 360 g/mol. The fourth-order valence-electron chi connectivity index (χ4n) is 4.84. The topological polar surface area (TPSA) is 116 Å². The molecule has 5 atom stereocenters. The van der Waals surface area contributed by atoms with E-state index in [9.17, 15) is 24.6 Å². The maximum atomic E-state index is 13.3. The smallest absolute Gasteiger partial charge is 0.332 e. The number of ketones is 1. The van der Waals surface area contributed by atoms with Crippen LogP contribution in [0.1, 0.15) is 38.2 Å². The number of aliphatic carboxylic acids is 2. The molecule has 0 spiro atoms. The average Bonchev–Trinajstić information content (AvgIpc) is 3.08. The largest absolute Gasteiger partial charge is 0.480 e. The van der Waals surface area contributed by atoms with Gasteiger partial charge < -0.3 is 10.2 Å². The number of Topliss-reactive ketones (excluding diaryl/α,β-unsaturated/α-hetero) is 1. The fraction of sp³-hybridized carbons (Fsp3) is 0.571. The molecular formula is C21H28N2O5. The van der Waals surface area contributed by atoms with Crippen molar-refractivity contribution in [2.45, 2.75) is 56.7 Å². The van der Waals surface area contributed by atoms with Gasteiger partial charge in [-0.25, -0.2) is 4.79 Å². The molecule has 1 heterocycles. The van der Waals surface area contributed by atoms with Crippen LogP contribution in [0.5, 0.6) is 0 Å². The van der Waals surface area contributed by atoms with Crippen molar-refractivity contribution in [2.75, 3.05) is 6.54 Å². The van der Waals surface area contributed by atoms with E-state index in [4.69, 9.17) is 0 Å². The Kier molecular flexibility index (Phi) is 6.15. The van der Waals surface area contributed by atoms with Crippen LogP contribution in [0.15, 0.2) is 30.3 Å². The minimum atomic E-state index is -1.63. The number of carboxylic acid groups (broad SMARTS) is 2. The third kappa shape index (κ3) is 3.82. The predicted molar refractivity (Wildman–Crippen MR) is 103 cm³/mol. The Hall–Kier alpha value is -2.25. The molecule has 3 unspecified atom stereocenters. The lowest BCUT2D eigenvalue weighted by Crippen LogP contribution is -2.64. The number of carbonyl (C=O) groups is 3. The molecule has 4 N–H and O–H groups in total. The molecule has 1 aliphatic heterocycles. The second-order valence-corrected chi connectivity index (χ2v) is 7.98. The number of rotatable bonds is 8. The van der Waals surface area contributed by atoms with E-state index in [1.54, 1.807) is 6.92 Å². The number of hydrogen-bond donors (Lipinski definition) is 4. The van der Waals surface area contributed by atoms with Crippen LogP contribution in [-0.2, 0) is 20.8 Å². The van der Waals surface area contributed by atoms with Crippen molar-refractivity contribution < 1.29 is 24.6 Å². The van der Waals surface area contributed by atoms with Gasteiger partial charge in [0.15, 0.2) is 11.3 Å². The van der Waals surface area contributed by atoms with Gasteiger partial charge >= 0.3 is 11.9 Å². The maximum Gasteiger partial charge on any atom is 0.332 e. The van der Waals surface area contributed by atoms with Gasteiger partial charge in [-0.05, 0) is 50.1 Å². The second-order valence-electron chi connectivity index (χ2n) is 7.98. The summed E-state index contributed by atoms with van der Waals surface area (Å²) in [6.45, 7) is 2.08. The van der Waals surface area contributed by atoms with Crippen LogP contribution in [0.3, 0.4) is 0 Å². The number of fused-ring (bicyclic) bond motifs is 1. The molecule has 0 bridgehead atoms. The van der Waals surface area contributed by atoms with E-state index in [1.165, 1.54) is 0 Å². The second kappa shape index (κ2) is 8.41. The summed E-state index contributed by atoms with van der Waals surface area (Å²) in [4.78, 5) is 37.2. The summed E-state index contributed by atoms with van der Waals surface area (Å²) in [5.41, 5.74) is -0.797. The van der Waals surface area contributed by atoms with E-state index < -0.39 is 35.3 Å². The van der Waals surface area contributed by atoms with Crippen LogP contribution < -0.4 is 10.6 Å². The number of benzene rings is 1. The van der Waals surface area contributed by atoms with Crippen LogP contribution in [0.4, 0.5) is 0 Å². The van der Waals surface area contributed by atoms with Gasteiger partial charge in [-0.1, -0.05) is 43.2 Å². The monoisotopic (exact) mass is 388 g/mol. The van der Waals surface area contributed by atoms with Crippen LogP contribution in [-0.4, -0.2) is 52.1 Å². The Morgan fingerprint density at radius 3 is 2.50 bits per heavy atom. The van der Waals surface area contributed by atoms with E-state index >= 15 is 0 Å². The summed E-state index contributed by atoms with van der Waals surface area (Å²) < 4.78 is 0. The first-order valence-corrected chi connectivity index (χ1v) is 9.91. The summed E-state index contributed by atoms with van der Waals surface area (Å²) in [6, 6.07) is 7.29. The van der Waals surface area contributed by atoms with E-state index in [2.05, 4.69) is 10.6 Å². The zero-order chi connectivity index (χ0) is 20.3. The molecule has 152 valence electrons. The molecule has 0 amide bonds. The minimum absolute atomic E-state index is 0.181. The highest BCUT2D eigenvalue weighted by atomic mass is 16.4. The first-order valence-electron chi connectivity index (χ1n) is 9.91. The first-order chi connectivity index (χ1) is 13.4. The van der Waals surface area contributed by atoms with Gasteiger partial charge in [-0.15, -0.1) is 0 Å². The van der Waals surface area contributed by atoms with Gasteiger partial charge in [0.05, 0.1) is 6.04 Å². The van der Waals surface area contributed by atoms with Crippen molar-refractivity contribution in [1.29, 1.82) is 0 Å². The molecule has 0 radical (unpaired) electrons. The van der Waals surface area contributed by atoms with Crippen molar-refractivity contribution in [1.82, 2.24) is 10.6 Å². The highest BCUT2D eigenvalue weighted by Gasteiger charge is 2.59. The zero-order valence-electron chi connectivity index (χ0n) is 16.1. The highest BCUT2D eigenvalue weighted by molar-refractivity contribution is 6.11. The van der Waals surface area contributed by atoms with E-state index in [0.29, 0.717) is 13.0 Å². The maximum absolute atomic E-state index is 13.3. The highest BCUT2D eigenvalue weighted by Crippen LogP contribution is 2.42. The Balaban J connectivity index is 1.77. The number of carbonyl (C=O) groups excluding carboxylic acids is 1. The third-order valence-corrected chi connectivity index (χ3v) is 6.26. The minimum Gasteiger partial charge on any atom is -0.480 e. The summed E-state index contributed by atoms with van der Waals surface area (Å²) in [7, 11) is 0. The lowest BCUT2D eigenvalue weighted by Gasteiger charge is -2.36. The summed E-state index contributed by atoms with van der Waals surface area (Å²) in [5.74, 6) is -2.76. The Morgan fingerprint density at radius 2 is 1.86 bits per heavy atom. The van der Waals surface area contributed by atoms with Crippen molar-refractivity contribution in [3.8, 4) is 0 Å². The molecule has 1 aromatic rings. The Bertz CT molecular complexity index is 738. The molecule has 1 aromatic carbocycles. The van der Waals surface area contributed by atoms with Gasteiger partial charge in [0.25, 0.3) is 0 Å². The van der Waals surface area contributed by atoms with Crippen LogP contribution in [0.25, 0.3) is 0 Å². The van der Waals surface area contributed by atoms with E-state index in [-0.39, 0.29) is 18.3 Å². The lowest BCUT2D eigenvalue weighted by molar-refractivity contribution is -0.153. The SMILES string of the molecule is CC(N[C@@H](Cc1ccccc1)C(=O)O)C(=O)[C@@]1(C(=O)O)NCC2CCCCC21. The van der Waals surface area contributed by atoms with Gasteiger partial charge in [-0.2, -0.15) is 0 Å².